The number of aromatic nitrogens is 2. The summed E-state index contributed by atoms with van der Waals surface area (Å²) in [5, 5.41) is 2.78. The number of anilines is 1. The van der Waals surface area contributed by atoms with Gasteiger partial charge in [-0.3, -0.25) is 0 Å². The minimum Gasteiger partial charge on any atom is -0.357 e. The van der Waals surface area contributed by atoms with E-state index in [1.807, 2.05) is 0 Å². The third-order valence-electron chi connectivity index (χ3n) is 4.94. The first kappa shape index (κ1) is 14.7. The second kappa shape index (κ2) is 5.53. The molecule has 0 spiro atoms. The van der Waals surface area contributed by atoms with Gasteiger partial charge < -0.3 is 5.32 Å². The van der Waals surface area contributed by atoms with E-state index in [4.69, 9.17) is 0 Å². The normalized spacial score (nSPS) is 28.2. The molecule has 21 heavy (non-hydrogen) atoms. The number of nitrogens with one attached hydrogen (secondary N) is 1. The van der Waals surface area contributed by atoms with Crippen molar-refractivity contribution in [2.45, 2.75) is 30.6 Å². The molecule has 0 amide bonds. The molecule has 3 unspecified atom stereocenters. The Bertz CT molecular complexity index is 602. The predicted octanol–water partition coefficient (Wildman–Crippen LogP) is 1.57. The molecule has 1 aromatic rings. The van der Waals surface area contributed by atoms with E-state index >= 15 is 0 Å². The van der Waals surface area contributed by atoms with Gasteiger partial charge in [0.2, 0.25) is 16.0 Å². The lowest BCUT2D eigenvalue weighted by molar-refractivity contribution is 0.280. The van der Waals surface area contributed by atoms with Crippen LogP contribution in [0.15, 0.2) is 17.3 Å². The first-order chi connectivity index (χ1) is 10.0. The average Bonchev–Trinajstić information content (AvgIpc) is 3.09. The number of fused-ring (bicyclic) bond motifs is 2. The van der Waals surface area contributed by atoms with Crippen LogP contribution in [-0.4, -0.2) is 43.3 Å². The van der Waals surface area contributed by atoms with Gasteiger partial charge in [-0.25, -0.2) is 22.7 Å². The molecule has 2 saturated carbocycles. The highest BCUT2D eigenvalue weighted by Gasteiger charge is 2.40. The standard InChI is InChI=1S/C14H22N4O2S/c1-15-14-16-7-13(8-17-14)21(19,20)18(2)9-12-6-10-3-4-11(12)5-10/h7-8,10-12H,3-6,9H2,1-2H3,(H,15,16,17). The van der Waals surface area contributed by atoms with Crippen LogP contribution < -0.4 is 5.32 Å². The van der Waals surface area contributed by atoms with Gasteiger partial charge >= 0.3 is 0 Å². The largest absolute Gasteiger partial charge is 0.357 e. The lowest BCUT2D eigenvalue weighted by Crippen LogP contribution is -2.34. The van der Waals surface area contributed by atoms with Crippen molar-refractivity contribution in [2.24, 2.45) is 17.8 Å². The van der Waals surface area contributed by atoms with Crippen LogP contribution in [0.4, 0.5) is 5.95 Å². The summed E-state index contributed by atoms with van der Waals surface area (Å²) in [6.45, 7) is 0.608. The maximum Gasteiger partial charge on any atom is 0.245 e. The van der Waals surface area contributed by atoms with Crippen molar-refractivity contribution in [3.63, 3.8) is 0 Å². The van der Waals surface area contributed by atoms with Crippen LogP contribution in [0.1, 0.15) is 25.7 Å². The van der Waals surface area contributed by atoms with Gasteiger partial charge in [0.15, 0.2) is 0 Å². The Hall–Kier alpha value is -1.21. The lowest BCUT2D eigenvalue weighted by atomic mass is 9.89. The van der Waals surface area contributed by atoms with Gasteiger partial charge in [0.1, 0.15) is 4.90 Å². The van der Waals surface area contributed by atoms with Crippen LogP contribution in [0.3, 0.4) is 0 Å². The van der Waals surface area contributed by atoms with Crippen molar-refractivity contribution in [3.8, 4) is 0 Å². The number of nitrogens with zero attached hydrogens (tertiary/aromatic N) is 3. The summed E-state index contributed by atoms with van der Waals surface area (Å²) in [7, 11) is -0.128. The highest BCUT2D eigenvalue weighted by Crippen LogP contribution is 2.48. The van der Waals surface area contributed by atoms with E-state index in [0.717, 1.165) is 11.8 Å². The highest BCUT2D eigenvalue weighted by molar-refractivity contribution is 7.89. The molecule has 3 rings (SSSR count). The number of rotatable bonds is 5. The molecule has 2 bridgehead atoms. The Balaban J connectivity index is 1.71. The van der Waals surface area contributed by atoms with E-state index in [1.54, 1.807) is 14.1 Å². The van der Waals surface area contributed by atoms with Gasteiger partial charge in [-0.05, 0) is 37.0 Å². The summed E-state index contributed by atoms with van der Waals surface area (Å²) >= 11 is 0. The zero-order valence-electron chi connectivity index (χ0n) is 12.5. The molecule has 1 aromatic heterocycles. The molecule has 0 saturated heterocycles. The topological polar surface area (TPSA) is 75.2 Å². The number of hydrogen-bond acceptors (Lipinski definition) is 5. The van der Waals surface area contributed by atoms with Crippen LogP contribution in [0.5, 0.6) is 0 Å². The van der Waals surface area contributed by atoms with Crippen molar-refractivity contribution in [1.29, 1.82) is 0 Å². The van der Waals surface area contributed by atoms with Gasteiger partial charge in [0, 0.05) is 20.6 Å². The fourth-order valence-corrected chi connectivity index (χ4v) is 4.91. The Labute approximate surface area is 126 Å². The van der Waals surface area contributed by atoms with Crippen LogP contribution in [0, 0.1) is 17.8 Å². The molecule has 0 aliphatic heterocycles. The third kappa shape index (κ3) is 2.76. The Morgan fingerprint density at radius 1 is 1.29 bits per heavy atom. The third-order valence-corrected chi connectivity index (χ3v) is 6.71. The van der Waals surface area contributed by atoms with Gasteiger partial charge in [0.05, 0.1) is 12.4 Å². The summed E-state index contributed by atoms with van der Waals surface area (Å²) in [5.41, 5.74) is 0. The van der Waals surface area contributed by atoms with Gasteiger partial charge in [0.25, 0.3) is 0 Å². The van der Waals surface area contributed by atoms with E-state index in [9.17, 15) is 8.42 Å². The number of hydrogen-bond donors (Lipinski definition) is 1. The minimum absolute atomic E-state index is 0.159. The molecule has 116 valence electrons. The van der Waals surface area contributed by atoms with Crippen LogP contribution in [-0.2, 0) is 10.0 Å². The predicted molar refractivity (Wildman–Crippen MR) is 80.3 cm³/mol. The first-order valence-electron chi connectivity index (χ1n) is 7.47. The Morgan fingerprint density at radius 3 is 2.52 bits per heavy atom. The fraction of sp³-hybridized carbons (Fsp3) is 0.714. The van der Waals surface area contributed by atoms with Crippen molar-refractivity contribution < 1.29 is 8.42 Å². The van der Waals surface area contributed by atoms with Gasteiger partial charge in [-0.15, -0.1) is 0 Å². The zero-order chi connectivity index (χ0) is 15.0. The zero-order valence-corrected chi connectivity index (χ0v) is 13.3. The molecule has 2 fully saturated rings. The summed E-state index contributed by atoms with van der Waals surface area (Å²) in [4.78, 5) is 8.13. The molecular weight excluding hydrogens is 288 g/mol. The van der Waals surface area contributed by atoms with Crippen molar-refractivity contribution >= 4 is 16.0 Å². The maximum atomic E-state index is 12.6. The molecule has 2 aliphatic rings. The molecule has 0 aromatic carbocycles. The molecule has 2 aliphatic carbocycles. The molecule has 7 heteroatoms. The summed E-state index contributed by atoms with van der Waals surface area (Å²) in [5.74, 6) is 2.48. The lowest BCUT2D eigenvalue weighted by Gasteiger charge is -2.26. The minimum atomic E-state index is -3.49. The summed E-state index contributed by atoms with van der Waals surface area (Å²) in [6.07, 6.45) is 7.80. The molecule has 3 atom stereocenters. The quantitative estimate of drug-likeness (QED) is 0.893. The SMILES string of the molecule is CNc1ncc(S(=O)(=O)N(C)CC2CC3CCC2C3)cn1. The van der Waals surface area contributed by atoms with Crippen molar-refractivity contribution in [1.82, 2.24) is 14.3 Å². The van der Waals surface area contributed by atoms with Crippen molar-refractivity contribution in [3.05, 3.63) is 12.4 Å². The molecule has 0 radical (unpaired) electrons. The van der Waals surface area contributed by atoms with Gasteiger partial charge in [-0.2, -0.15) is 0 Å². The molecular formula is C14H22N4O2S. The molecule has 1 N–H and O–H groups in total. The van der Waals surface area contributed by atoms with E-state index in [2.05, 4.69) is 15.3 Å². The maximum absolute atomic E-state index is 12.6. The monoisotopic (exact) mass is 310 g/mol. The Kier molecular flexibility index (Phi) is 3.88. The second-order valence-electron chi connectivity index (χ2n) is 6.21. The summed E-state index contributed by atoms with van der Waals surface area (Å²) < 4.78 is 26.6. The van der Waals surface area contributed by atoms with E-state index in [-0.39, 0.29) is 4.90 Å². The molecule has 1 heterocycles. The number of sulfonamides is 1. The first-order valence-corrected chi connectivity index (χ1v) is 8.91. The Morgan fingerprint density at radius 2 is 2.00 bits per heavy atom. The van der Waals surface area contributed by atoms with E-state index in [1.165, 1.54) is 42.4 Å². The fourth-order valence-electron chi connectivity index (χ4n) is 3.79. The van der Waals surface area contributed by atoms with Crippen LogP contribution in [0.25, 0.3) is 0 Å². The van der Waals surface area contributed by atoms with E-state index in [0.29, 0.717) is 18.4 Å². The van der Waals surface area contributed by atoms with Crippen LogP contribution in [0.2, 0.25) is 0 Å². The van der Waals surface area contributed by atoms with E-state index < -0.39 is 10.0 Å². The van der Waals surface area contributed by atoms with Crippen LogP contribution >= 0.6 is 0 Å². The average molecular weight is 310 g/mol. The van der Waals surface area contributed by atoms with Crippen molar-refractivity contribution in [2.75, 3.05) is 26.0 Å². The smallest absolute Gasteiger partial charge is 0.245 e. The summed E-state index contributed by atoms with van der Waals surface area (Å²) in [6, 6.07) is 0. The van der Waals surface area contributed by atoms with Gasteiger partial charge in [-0.1, -0.05) is 6.42 Å². The second-order valence-corrected chi connectivity index (χ2v) is 8.26. The molecule has 6 nitrogen and oxygen atoms in total. The highest BCUT2D eigenvalue weighted by atomic mass is 32.2.